The molecule has 0 atom stereocenters. The average Bonchev–Trinajstić information content (AvgIpc) is 3.45. The van der Waals surface area contributed by atoms with Crippen molar-refractivity contribution in [2.24, 2.45) is 0 Å². The van der Waals surface area contributed by atoms with E-state index in [1.807, 2.05) is 0 Å². The van der Waals surface area contributed by atoms with E-state index in [0.717, 1.165) is 4.90 Å². The van der Waals surface area contributed by atoms with E-state index in [9.17, 15) is 24.5 Å². The molecule has 2 heterocycles. The zero-order chi connectivity index (χ0) is 24.5. The van der Waals surface area contributed by atoms with Gasteiger partial charge in [0.25, 0.3) is 23.4 Å². The first-order valence-electron chi connectivity index (χ1n) is 10.2. The maximum atomic E-state index is 13.1. The zero-order valence-corrected chi connectivity index (χ0v) is 18.5. The van der Waals surface area contributed by atoms with E-state index >= 15 is 0 Å². The lowest BCUT2D eigenvalue weighted by Gasteiger charge is -2.14. The molecule has 10 nitrogen and oxygen atoms in total. The number of benzene rings is 3. The Kier molecular flexibility index (Phi) is 5.51. The van der Waals surface area contributed by atoms with Crippen LogP contribution in [0, 0.1) is 10.1 Å². The van der Waals surface area contributed by atoms with Crippen molar-refractivity contribution in [1.29, 1.82) is 0 Å². The maximum absolute atomic E-state index is 13.1. The van der Waals surface area contributed by atoms with Crippen LogP contribution in [0.3, 0.4) is 0 Å². The number of imide groups is 1. The number of nitrogens with one attached hydrogen (secondary N) is 1. The number of ether oxygens (including phenoxy) is 1. The molecule has 11 heteroatoms. The van der Waals surface area contributed by atoms with Gasteiger partial charge in [0.1, 0.15) is 11.5 Å². The van der Waals surface area contributed by atoms with Gasteiger partial charge in [0, 0.05) is 23.2 Å². The molecule has 172 valence electrons. The van der Waals surface area contributed by atoms with Crippen LogP contribution < -0.4 is 15.0 Å². The molecule has 35 heavy (non-hydrogen) atoms. The van der Waals surface area contributed by atoms with Gasteiger partial charge in [-0.25, -0.2) is 9.88 Å². The van der Waals surface area contributed by atoms with Gasteiger partial charge >= 0.3 is 0 Å². The van der Waals surface area contributed by atoms with E-state index in [2.05, 4.69) is 10.3 Å². The van der Waals surface area contributed by atoms with Crippen LogP contribution in [0.2, 0.25) is 0 Å². The van der Waals surface area contributed by atoms with Gasteiger partial charge in [-0.2, -0.15) is 0 Å². The molecule has 0 radical (unpaired) electrons. The van der Waals surface area contributed by atoms with E-state index in [1.54, 1.807) is 35.8 Å². The summed E-state index contributed by atoms with van der Waals surface area (Å²) in [5.41, 5.74) is 0.655. The number of hydrogen-bond donors (Lipinski definition) is 1. The first-order chi connectivity index (χ1) is 16.9. The van der Waals surface area contributed by atoms with Crippen molar-refractivity contribution in [3.05, 3.63) is 105 Å². The monoisotopic (exact) mass is 486 g/mol. The minimum absolute atomic E-state index is 0.121. The van der Waals surface area contributed by atoms with Crippen LogP contribution in [0.15, 0.2) is 78.3 Å². The number of nitro benzene ring substituents is 1. The van der Waals surface area contributed by atoms with Gasteiger partial charge in [-0.3, -0.25) is 29.8 Å². The number of carbonyl (C=O) groups is 3. The van der Waals surface area contributed by atoms with Gasteiger partial charge in [-0.05, 0) is 42.5 Å². The summed E-state index contributed by atoms with van der Waals surface area (Å²) < 4.78 is 5.68. The quantitative estimate of drug-likeness (QED) is 0.233. The minimum Gasteiger partial charge on any atom is -0.457 e. The Bertz CT molecular complexity index is 1500. The number of hydrogen-bond acceptors (Lipinski definition) is 8. The highest BCUT2D eigenvalue weighted by Crippen LogP contribution is 2.33. The Morgan fingerprint density at radius 3 is 2.51 bits per heavy atom. The molecule has 0 fully saturated rings. The van der Waals surface area contributed by atoms with Gasteiger partial charge in [0.2, 0.25) is 0 Å². The summed E-state index contributed by atoms with van der Waals surface area (Å²) in [6, 6.07) is 16.1. The van der Waals surface area contributed by atoms with Crippen molar-refractivity contribution in [3.63, 3.8) is 0 Å². The molecule has 0 saturated heterocycles. The van der Waals surface area contributed by atoms with E-state index in [0.29, 0.717) is 5.13 Å². The lowest BCUT2D eigenvalue weighted by Crippen LogP contribution is -2.29. The number of rotatable bonds is 6. The van der Waals surface area contributed by atoms with Crippen LogP contribution in [-0.2, 0) is 0 Å². The van der Waals surface area contributed by atoms with E-state index < -0.39 is 22.6 Å². The summed E-state index contributed by atoms with van der Waals surface area (Å²) in [7, 11) is 0. The van der Waals surface area contributed by atoms with Crippen molar-refractivity contribution < 1.29 is 24.0 Å². The fourth-order valence-corrected chi connectivity index (χ4v) is 4.08. The smallest absolute Gasteiger partial charge is 0.273 e. The lowest BCUT2D eigenvalue weighted by atomic mass is 10.1. The molecule has 0 unspecified atom stereocenters. The second kappa shape index (κ2) is 8.80. The van der Waals surface area contributed by atoms with Crippen LogP contribution in [0.25, 0.3) is 0 Å². The number of anilines is 2. The summed E-state index contributed by atoms with van der Waals surface area (Å²) in [6.45, 7) is 0. The molecule has 0 aliphatic carbocycles. The standard InChI is InChI=1S/C24H14N4O6S/c29-21(26-24-25-9-10-35-24)14-3-1-4-15(11-14)27-22(30)19-8-7-18(13-20(19)23(27)31)34-17-6-2-5-16(12-17)28(32)33/h1-13H,(H,25,26,29). The lowest BCUT2D eigenvalue weighted by molar-refractivity contribution is -0.384. The van der Waals surface area contributed by atoms with Crippen molar-refractivity contribution in [2.75, 3.05) is 10.2 Å². The molecule has 1 aromatic heterocycles. The van der Waals surface area contributed by atoms with Gasteiger partial charge < -0.3 is 4.74 Å². The molecular formula is C24H14N4O6S. The van der Waals surface area contributed by atoms with Crippen LogP contribution in [0.4, 0.5) is 16.5 Å². The number of nitrogens with zero attached hydrogens (tertiary/aromatic N) is 3. The fourth-order valence-electron chi connectivity index (χ4n) is 3.56. The second-order valence-electron chi connectivity index (χ2n) is 7.35. The van der Waals surface area contributed by atoms with E-state index in [4.69, 9.17) is 4.74 Å². The molecule has 1 N–H and O–H groups in total. The van der Waals surface area contributed by atoms with Gasteiger partial charge in [0.15, 0.2) is 5.13 Å². The number of nitro groups is 1. The SMILES string of the molecule is O=C(Nc1nccs1)c1cccc(N2C(=O)c3ccc(Oc4cccc([N+](=O)[O-])c4)cc3C2=O)c1. The minimum atomic E-state index is -0.577. The number of carbonyl (C=O) groups excluding carboxylic acids is 3. The van der Waals surface area contributed by atoms with E-state index in [-0.39, 0.29) is 39.6 Å². The van der Waals surface area contributed by atoms with Crippen molar-refractivity contribution in [2.45, 2.75) is 0 Å². The third-order valence-electron chi connectivity index (χ3n) is 5.14. The van der Waals surface area contributed by atoms with Crippen LogP contribution in [0.5, 0.6) is 11.5 Å². The number of thiazole rings is 1. The molecule has 3 aromatic carbocycles. The second-order valence-corrected chi connectivity index (χ2v) is 8.25. The van der Waals surface area contributed by atoms with Gasteiger partial charge in [-0.15, -0.1) is 11.3 Å². The molecule has 0 bridgehead atoms. The van der Waals surface area contributed by atoms with Crippen molar-refractivity contribution in [3.8, 4) is 11.5 Å². The summed E-state index contributed by atoms with van der Waals surface area (Å²) in [5.74, 6) is -1.09. The first kappa shape index (κ1) is 21.9. The Morgan fingerprint density at radius 1 is 0.971 bits per heavy atom. The molecule has 1 aliphatic rings. The third kappa shape index (κ3) is 4.23. The summed E-state index contributed by atoms with van der Waals surface area (Å²) in [6.07, 6.45) is 1.56. The Hall–Kier alpha value is -4.90. The molecule has 0 saturated carbocycles. The number of aromatic nitrogens is 1. The fraction of sp³-hybridized carbons (Fsp3) is 0. The molecule has 1 aliphatic heterocycles. The van der Waals surface area contributed by atoms with Gasteiger partial charge in [0.05, 0.1) is 27.8 Å². The van der Waals surface area contributed by atoms with Crippen LogP contribution >= 0.6 is 11.3 Å². The number of non-ortho nitro benzene ring substituents is 1. The molecular weight excluding hydrogens is 472 g/mol. The van der Waals surface area contributed by atoms with Crippen molar-refractivity contribution >= 4 is 45.6 Å². The predicted octanol–water partition coefficient (Wildman–Crippen LogP) is 4.90. The molecule has 5 rings (SSSR count). The largest absolute Gasteiger partial charge is 0.457 e. The Labute approximate surface area is 201 Å². The average molecular weight is 486 g/mol. The highest BCUT2D eigenvalue weighted by atomic mass is 32.1. The normalized spacial score (nSPS) is 12.4. The summed E-state index contributed by atoms with van der Waals surface area (Å²) in [5, 5.41) is 15.8. The Balaban J connectivity index is 1.40. The Morgan fingerprint density at radius 2 is 1.74 bits per heavy atom. The summed E-state index contributed by atoms with van der Waals surface area (Å²) >= 11 is 1.26. The highest BCUT2D eigenvalue weighted by molar-refractivity contribution is 7.13. The summed E-state index contributed by atoms with van der Waals surface area (Å²) in [4.78, 5) is 54.2. The third-order valence-corrected chi connectivity index (χ3v) is 5.83. The topological polar surface area (TPSA) is 132 Å². The van der Waals surface area contributed by atoms with Crippen LogP contribution in [-0.4, -0.2) is 27.6 Å². The number of fused-ring (bicyclic) bond motifs is 1. The number of amides is 3. The predicted molar refractivity (Wildman–Crippen MR) is 127 cm³/mol. The zero-order valence-electron chi connectivity index (χ0n) is 17.7. The first-order valence-corrected chi connectivity index (χ1v) is 11.0. The molecule has 0 spiro atoms. The van der Waals surface area contributed by atoms with Crippen LogP contribution in [0.1, 0.15) is 31.1 Å². The van der Waals surface area contributed by atoms with Gasteiger partial charge in [-0.1, -0.05) is 12.1 Å². The maximum Gasteiger partial charge on any atom is 0.273 e. The highest BCUT2D eigenvalue weighted by Gasteiger charge is 2.37. The molecule has 3 amide bonds. The van der Waals surface area contributed by atoms with Crippen molar-refractivity contribution in [1.82, 2.24) is 4.98 Å². The van der Waals surface area contributed by atoms with E-state index in [1.165, 1.54) is 53.8 Å². The molecule has 4 aromatic rings.